The van der Waals surface area contributed by atoms with E-state index >= 15 is 0 Å². The van der Waals surface area contributed by atoms with Crippen molar-refractivity contribution in [1.29, 1.82) is 0 Å². The third-order valence-corrected chi connectivity index (χ3v) is 3.67. The quantitative estimate of drug-likeness (QED) is 0.881. The summed E-state index contributed by atoms with van der Waals surface area (Å²) in [5.74, 6) is 2.02. The average Bonchev–Trinajstić information content (AvgIpc) is 2.74. The molecule has 0 aliphatic carbocycles. The summed E-state index contributed by atoms with van der Waals surface area (Å²) in [5, 5.41) is 4.52. The van der Waals surface area contributed by atoms with Crippen molar-refractivity contribution >= 4 is 5.82 Å². The molecule has 21 heavy (non-hydrogen) atoms. The van der Waals surface area contributed by atoms with Crippen LogP contribution in [0.3, 0.4) is 0 Å². The molecular weight excluding hydrogens is 264 g/mol. The number of anilines is 1. The summed E-state index contributed by atoms with van der Waals surface area (Å²) in [5.41, 5.74) is 9.15. The summed E-state index contributed by atoms with van der Waals surface area (Å²) in [6.07, 6.45) is 0.839. The van der Waals surface area contributed by atoms with Crippen LogP contribution in [0.15, 0.2) is 24.3 Å². The predicted octanol–water partition coefficient (Wildman–Crippen LogP) is 1.87. The fourth-order valence-corrected chi connectivity index (χ4v) is 2.77. The number of nitrogens with two attached hydrogens (primary N) is 1. The summed E-state index contributed by atoms with van der Waals surface area (Å²) >= 11 is 0. The fourth-order valence-electron chi connectivity index (χ4n) is 2.77. The van der Waals surface area contributed by atoms with E-state index in [0.29, 0.717) is 6.54 Å². The van der Waals surface area contributed by atoms with Gasteiger partial charge >= 0.3 is 0 Å². The van der Waals surface area contributed by atoms with E-state index in [2.05, 4.69) is 23.1 Å². The number of hydrogen-bond acceptors (Lipinski definition) is 4. The number of rotatable bonds is 6. The van der Waals surface area contributed by atoms with Crippen LogP contribution in [0.2, 0.25) is 0 Å². The standard InChI is InChI=1S/C16H24N4O/c1-12-14(9-10-17)16(20(3)18-12)19(2)11-13-7-5-6-8-15(13)21-4/h5-8H,9-11,17H2,1-4H3. The second-order valence-corrected chi connectivity index (χ2v) is 5.22. The average molecular weight is 288 g/mol. The minimum Gasteiger partial charge on any atom is -0.496 e. The van der Waals surface area contributed by atoms with Gasteiger partial charge in [-0.2, -0.15) is 5.10 Å². The van der Waals surface area contributed by atoms with Crippen molar-refractivity contribution in [1.82, 2.24) is 9.78 Å². The molecule has 0 atom stereocenters. The van der Waals surface area contributed by atoms with Crippen LogP contribution in [-0.4, -0.2) is 30.5 Å². The van der Waals surface area contributed by atoms with Crippen LogP contribution in [0.5, 0.6) is 5.75 Å². The summed E-state index contributed by atoms with van der Waals surface area (Å²) < 4.78 is 7.35. The van der Waals surface area contributed by atoms with Crippen LogP contribution in [0.25, 0.3) is 0 Å². The number of benzene rings is 1. The second-order valence-electron chi connectivity index (χ2n) is 5.22. The van der Waals surface area contributed by atoms with E-state index in [1.54, 1.807) is 7.11 Å². The normalized spacial score (nSPS) is 10.7. The van der Waals surface area contributed by atoms with Gasteiger partial charge in [-0.1, -0.05) is 18.2 Å². The first-order valence-electron chi connectivity index (χ1n) is 7.14. The molecule has 0 saturated heterocycles. The number of methoxy groups -OCH3 is 1. The van der Waals surface area contributed by atoms with Crippen LogP contribution in [0.4, 0.5) is 5.82 Å². The smallest absolute Gasteiger partial charge is 0.130 e. The molecule has 2 rings (SSSR count). The molecule has 0 aliphatic rings. The van der Waals surface area contributed by atoms with E-state index in [-0.39, 0.29) is 0 Å². The lowest BCUT2D eigenvalue weighted by molar-refractivity contribution is 0.409. The van der Waals surface area contributed by atoms with E-state index in [9.17, 15) is 0 Å². The highest BCUT2D eigenvalue weighted by molar-refractivity contribution is 5.51. The Labute approximate surface area is 126 Å². The first kappa shape index (κ1) is 15.4. The largest absolute Gasteiger partial charge is 0.496 e. The fraction of sp³-hybridized carbons (Fsp3) is 0.438. The molecule has 2 N–H and O–H groups in total. The zero-order valence-electron chi connectivity index (χ0n) is 13.3. The highest BCUT2D eigenvalue weighted by atomic mass is 16.5. The van der Waals surface area contributed by atoms with Crippen LogP contribution in [0, 0.1) is 6.92 Å². The van der Waals surface area contributed by atoms with Crippen molar-refractivity contribution < 1.29 is 4.74 Å². The lowest BCUT2D eigenvalue weighted by Gasteiger charge is -2.22. The van der Waals surface area contributed by atoms with Gasteiger partial charge in [0.1, 0.15) is 11.6 Å². The first-order valence-corrected chi connectivity index (χ1v) is 7.14. The number of para-hydroxylation sites is 1. The Bertz CT molecular complexity index is 606. The van der Waals surface area contributed by atoms with Crippen LogP contribution < -0.4 is 15.4 Å². The number of ether oxygens (including phenoxy) is 1. The number of aromatic nitrogens is 2. The van der Waals surface area contributed by atoms with Gasteiger partial charge in [-0.15, -0.1) is 0 Å². The van der Waals surface area contributed by atoms with Crippen molar-refractivity contribution in [3.63, 3.8) is 0 Å². The highest BCUT2D eigenvalue weighted by Gasteiger charge is 2.17. The lowest BCUT2D eigenvalue weighted by Crippen LogP contribution is -2.21. The van der Waals surface area contributed by atoms with E-state index in [4.69, 9.17) is 10.5 Å². The minimum atomic E-state index is 0.627. The van der Waals surface area contributed by atoms with E-state index < -0.39 is 0 Å². The van der Waals surface area contributed by atoms with Gasteiger partial charge < -0.3 is 15.4 Å². The van der Waals surface area contributed by atoms with Crippen LogP contribution in [-0.2, 0) is 20.0 Å². The lowest BCUT2D eigenvalue weighted by atomic mass is 10.1. The van der Waals surface area contributed by atoms with Gasteiger partial charge in [-0.25, -0.2) is 0 Å². The van der Waals surface area contributed by atoms with Crippen molar-refractivity contribution in [2.45, 2.75) is 19.9 Å². The summed E-state index contributed by atoms with van der Waals surface area (Å²) in [6.45, 7) is 3.42. The zero-order valence-corrected chi connectivity index (χ0v) is 13.3. The number of aryl methyl sites for hydroxylation is 2. The first-order chi connectivity index (χ1) is 10.1. The van der Waals surface area contributed by atoms with Gasteiger partial charge in [0.25, 0.3) is 0 Å². The SMILES string of the molecule is COc1ccccc1CN(C)c1c(CCN)c(C)nn1C. The van der Waals surface area contributed by atoms with Gasteiger partial charge in [-0.05, 0) is 26.0 Å². The van der Waals surface area contributed by atoms with Crippen LogP contribution in [0.1, 0.15) is 16.8 Å². The molecule has 1 aromatic heterocycles. The van der Waals surface area contributed by atoms with Crippen molar-refractivity contribution in [2.75, 3.05) is 25.6 Å². The molecule has 5 nitrogen and oxygen atoms in total. The molecule has 0 fully saturated rings. The van der Waals surface area contributed by atoms with E-state index in [1.807, 2.05) is 36.9 Å². The maximum atomic E-state index is 5.73. The maximum absolute atomic E-state index is 5.73. The Morgan fingerprint density at radius 2 is 2.05 bits per heavy atom. The monoisotopic (exact) mass is 288 g/mol. The molecular formula is C16H24N4O. The molecule has 1 aromatic carbocycles. The molecule has 0 spiro atoms. The number of nitrogens with zero attached hydrogens (tertiary/aromatic N) is 3. The maximum Gasteiger partial charge on any atom is 0.130 e. The van der Waals surface area contributed by atoms with Gasteiger partial charge in [0.05, 0.1) is 12.8 Å². The molecule has 5 heteroatoms. The highest BCUT2D eigenvalue weighted by Crippen LogP contribution is 2.26. The Balaban J connectivity index is 2.30. The Kier molecular flexibility index (Phi) is 4.85. The molecule has 114 valence electrons. The molecule has 0 aliphatic heterocycles. The van der Waals surface area contributed by atoms with Crippen molar-refractivity contribution in [3.05, 3.63) is 41.1 Å². The summed E-state index contributed by atoms with van der Waals surface area (Å²) in [7, 11) is 5.75. The molecule has 0 amide bonds. The minimum absolute atomic E-state index is 0.627. The Morgan fingerprint density at radius 1 is 1.33 bits per heavy atom. The molecule has 0 saturated carbocycles. The van der Waals surface area contributed by atoms with Gasteiger partial charge in [0.2, 0.25) is 0 Å². The van der Waals surface area contributed by atoms with E-state index in [1.165, 1.54) is 5.56 Å². The second kappa shape index (κ2) is 6.63. The van der Waals surface area contributed by atoms with Gasteiger partial charge in [0.15, 0.2) is 0 Å². The molecule has 0 bridgehead atoms. The third kappa shape index (κ3) is 3.19. The van der Waals surface area contributed by atoms with Crippen LogP contribution >= 0.6 is 0 Å². The Morgan fingerprint density at radius 3 is 2.71 bits per heavy atom. The zero-order chi connectivity index (χ0) is 15.4. The van der Waals surface area contributed by atoms with Gasteiger partial charge in [0, 0.05) is 31.8 Å². The summed E-state index contributed by atoms with van der Waals surface area (Å²) in [6, 6.07) is 8.08. The number of hydrogen-bond donors (Lipinski definition) is 1. The van der Waals surface area contributed by atoms with Gasteiger partial charge in [-0.3, -0.25) is 4.68 Å². The molecule has 0 unspecified atom stereocenters. The van der Waals surface area contributed by atoms with Crippen molar-refractivity contribution in [2.24, 2.45) is 12.8 Å². The molecule has 1 heterocycles. The molecule has 2 aromatic rings. The summed E-state index contributed by atoms with van der Waals surface area (Å²) in [4.78, 5) is 2.20. The third-order valence-electron chi connectivity index (χ3n) is 3.67. The Hall–Kier alpha value is -2.01. The molecule has 0 radical (unpaired) electrons. The predicted molar refractivity (Wildman–Crippen MR) is 85.8 cm³/mol. The van der Waals surface area contributed by atoms with E-state index in [0.717, 1.165) is 35.8 Å². The topological polar surface area (TPSA) is 56.3 Å². The van der Waals surface area contributed by atoms with Crippen molar-refractivity contribution in [3.8, 4) is 5.75 Å².